The summed E-state index contributed by atoms with van der Waals surface area (Å²) in [6.45, 7) is 0.635. The summed E-state index contributed by atoms with van der Waals surface area (Å²) in [6, 6.07) is 13.4. The maximum Gasteiger partial charge on any atom is 0.251 e. The topological polar surface area (TPSA) is 47.6 Å². The van der Waals surface area contributed by atoms with Crippen LogP contribution in [0.4, 0.5) is 0 Å². The van der Waals surface area contributed by atoms with Crippen LogP contribution in [0.3, 0.4) is 0 Å². The highest BCUT2D eigenvalue weighted by molar-refractivity contribution is 5.94. The molecule has 23 heavy (non-hydrogen) atoms. The van der Waals surface area contributed by atoms with Crippen LogP contribution < -0.4 is 14.8 Å². The summed E-state index contributed by atoms with van der Waals surface area (Å²) in [7, 11) is 3.29. The molecule has 0 aromatic heterocycles. The molecule has 0 bridgehead atoms. The Bertz CT molecular complexity index is 697. The number of rotatable bonds is 5. The van der Waals surface area contributed by atoms with Crippen LogP contribution >= 0.6 is 0 Å². The van der Waals surface area contributed by atoms with Gasteiger partial charge in [-0.2, -0.15) is 0 Å². The van der Waals surface area contributed by atoms with Crippen LogP contribution in [0.25, 0.3) is 0 Å². The number of ether oxygens (including phenoxy) is 2. The first kappa shape index (κ1) is 15.4. The highest BCUT2D eigenvalue weighted by atomic mass is 16.5. The number of hydrogen-bond donors (Lipinski definition) is 1. The van der Waals surface area contributed by atoms with E-state index in [2.05, 4.69) is 5.32 Å². The first-order valence-electron chi connectivity index (χ1n) is 7.81. The molecule has 2 aromatic carbocycles. The number of carbonyl (C=O) groups excluding carboxylic acids is 1. The lowest BCUT2D eigenvalue weighted by Crippen LogP contribution is -2.27. The van der Waals surface area contributed by atoms with Crippen LogP contribution in [0.5, 0.6) is 11.5 Å². The standard InChI is InChI=1S/C19H21NO3/c1-22-17-10-14-8-9-15(16(14)11-18(17)23-2)12-20-19(21)13-6-4-3-5-7-13/h3-7,10-11,15H,8-9,12H2,1-2H3,(H,20,21). The lowest BCUT2D eigenvalue weighted by molar-refractivity contribution is 0.0951. The van der Waals surface area contributed by atoms with Crippen molar-refractivity contribution in [2.24, 2.45) is 0 Å². The number of benzene rings is 2. The smallest absolute Gasteiger partial charge is 0.251 e. The molecule has 0 saturated heterocycles. The van der Waals surface area contributed by atoms with Gasteiger partial charge in [-0.25, -0.2) is 0 Å². The number of aryl methyl sites for hydroxylation is 1. The highest BCUT2D eigenvalue weighted by Gasteiger charge is 2.25. The molecule has 1 unspecified atom stereocenters. The second-order valence-corrected chi connectivity index (χ2v) is 5.72. The molecule has 0 aliphatic heterocycles. The molecule has 0 fully saturated rings. The normalized spacial score (nSPS) is 15.8. The second kappa shape index (κ2) is 6.73. The van der Waals surface area contributed by atoms with Gasteiger partial charge in [0, 0.05) is 18.0 Å². The van der Waals surface area contributed by atoms with Crippen molar-refractivity contribution in [3.8, 4) is 11.5 Å². The van der Waals surface area contributed by atoms with Gasteiger partial charge in [0.15, 0.2) is 11.5 Å². The first-order chi connectivity index (χ1) is 11.2. The summed E-state index contributed by atoms with van der Waals surface area (Å²) in [5, 5.41) is 3.04. The van der Waals surface area contributed by atoms with E-state index in [4.69, 9.17) is 9.47 Å². The fourth-order valence-corrected chi connectivity index (χ4v) is 3.14. The third-order valence-electron chi connectivity index (χ3n) is 4.39. The Morgan fingerprint density at radius 2 is 1.83 bits per heavy atom. The fourth-order valence-electron chi connectivity index (χ4n) is 3.14. The number of amides is 1. The van der Waals surface area contributed by atoms with Crippen molar-refractivity contribution in [1.82, 2.24) is 5.32 Å². The van der Waals surface area contributed by atoms with Gasteiger partial charge in [-0.15, -0.1) is 0 Å². The van der Waals surface area contributed by atoms with E-state index in [-0.39, 0.29) is 5.91 Å². The predicted molar refractivity (Wildman–Crippen MR) is 89.4 cm³/mol. The molecule has 1 N–H and O–H groups in total. The second-order valence-electron chi connectivity index (χ2n) is 5.72. The zero-order valence-electron chi connectivity index (χ0n) is 13.5. The number of carbonyl (C=O) groups is 1. The molecular formula is C19H21NO3. The van der Waals surface area contributed by atoms with Gasteiger partial charge in [0.2, 0.25) is 0 Å². The van der Waals surface area contributed by atoms with Gasteiger partial charge in [-0.1, -0.05) is 18.2 Å². The summed E-state index contributed by atoms with van der Waals surface area (Å²) in [5.41, 5.74) is 3.22. The van der Waals surface area contributed by atoms with Crippen molar-refractivity contribution >= 4 is 5.91 Å². The monoisotopic (exact) mass is 311 g/mol. The zero-order chi connectivity index (χ0) is 16.2. The lowest BCUT2D eigenvalue weighted by Gasteiger charge is -2.15. The van der Waals surface area contributed by atoms with Crippen molar-refractivity contribution in [2.75, 3.05) is 20.8 Å². The Morgan fingerprint density at radius 3 is 2.52 bits per heavy atom. The van der Waals surface area contributed by atoms with E-state index < -0.39 is 0 Å². The van der Waals surface area contributed by atoms with Crippen molar-refractivity contribution in [3.63, 3.8) is 0 Å². The number of methoxy groups -OCH3 is 2. The molecule has 3 rings (SSSR count). The number of fused-ring (bicyclic) bond motifs is 1. The van der Waals surface area contributed by atoms with Crippen molar-refractivity contribution in [1.29, 1.82) is 0 Å². The zero-order valence-corrected chi connectivity index (χ0v) is 13.5. The Hall–Kier alpha value is -2.49. The summed E-state index contributed by atoms with van der Waals surface area (Å²) in [5.74, 6) is 1.80. The Morgan fingerprint density at radius 1 is 1.13 bits per heavy atom. The summed E-state index contributed by atoms with van der Waals surface area (Å²) < 4.78 is 10.8. The van der Waals surface area contributed by atoms with E-state index in [0.29, 0.717) is 18.0 Å². The van der Waals surface area contributed by atoms with E-state index in [1.165, 1.54) is 11.1 Å². The van der Waals surface area contributed by atoms with Gasteiger partial charge in [0.05, 0.1) is 14.2 Å². The molecule has 0 saturated carbocycles. The molecular weight excluding hydrogens is 290 g/mol. The molecule has 1 aliphatic rings. The predicted octanol–water partition coefficient (Wildman–Crippen LogP) is 3.16. The van der Waals surface area contributed by atoms with Gasteiger partial charge in [0.1, 0.15) is 0 Å². The average molecular weight is 311 g/mol. The van der Waals surface area contributed by atoms with Crippen LogP contribution in [0.2, 0.25) is 0 Å². The molecule has 2 aromatic rings. The highest BCUT2D eigenvalue weighted by Crippen LogP contribution is 2.40. The van der Waals surface area contributed by atoms with Crippen LogP contribution in [0.15, 0.2) is 42.5 Å². The molecule has 0 heterocycles. The largest absolute Gasteiger partial charge is 0.493 e. The number of nitrogens with one attached hydrogen (secondary N) is 1. The molecule has 4 nitrogen and oxygen atoms in total. The average Bonchev–Trinajstić information content (AvgIpc) is 3.01. The third-order valence-corrected chi connectivity index (χ3v) is 4.39. The summed E-state index contributed by atoms with van der Waals surface area (Å²) in [4.78, 5) is 12.2. The van der Waals surface area contributed by atoms with E-state index >= 15 is 0 Å². The van der Waals surface area contributed by atoms with Gasteiger partial charge >= 0.3 is 0 Å². The van der Waals surface area contributed by atoms with Crippen molar-refractivity contribution < 1.29 is 14.3 Å². The minimum absolute atomic E-state index is 0.0282. The Balaban J connectivity index is 1.72. The Kier molecular flexibility index (Phi) is 4.51. The molecule has 0 spiro atoms. The fraction of sp³-hybridized carbons (Fsp3) is 0.316. The molecule has 1 atom stereocenters. The van der Waals surface area contributed by atoms with Crippen LogP contribution in [0.1, 0.15) is 33.8 Å². The lowest BCUT2D eigenvalue weighted by atomic mass is 10.0. The third kappa shape index (κ3) is 3.16. The molecule has 120 valence electrons. The first-order valence-corrected chi connectivity index (χ1v) is 7.81. The maximum atomic E-state index is 12.2. The molecule has 4 heteroatoms. The number of hydrogen-bond acceptors (Lipinski definition) is 3. The van der Waals surface area contributed by atoms with Gasteiger partial charge < -0.3 is 14.8 Å². The van der Waals surface area contributed by atoms with E-state index in [9.17, 15) is 4.79 Å². The van der Waals surface area contributed by atoms with E-state index in [1.807, 2.05) is 42.5 Å². The van der Waals surface area contributed by atoms with Crippen molar-refractivity contribution in [2.45, 2.75) is 18.8 Å². The Labute approximate surface area is 136 Å². The SMILES string of the molecule is COc1cc2c(cc1OC)C(CNC(=O)c1ccccc1)CC2. The quantitative estimate of drug-likeness (QED) is 0.922. The van der Waals surface area contributed by atoms with Crippen LogP contribution in [-0.2, 0) is 6.42 Å². The van der Waals surface area contributed by atoms with Crippen molar-refractivity contribution in [3.05, 3.63) is 59.2 Å². The minimum atomic E-state index is -0.0282. The molecule has 0 radical (unpaired) electrons. The van der Waals surface area contributed by atoms with Crippen LogP contribution in [-0.4, -0.2) is 26.7 Å². The van der Waals surface area contributed by atoms with E-state index in [1.54, 1.807) is 14.2 Å². The van der Waals surface area contributed by atoms with E-state index in [0.717, 1.165) is 24.3 Å². The van der Waals surface area contributed by atoms with Gasteiger partial charge in [-0.3, -0.25) is 4.79 Å². The molecule has 1 aliphatic carbocycles. The summed E-state index contributed by atoms with van der Waals surface area (Å²) in [6.07, 6.45) is 2.03. The van der Waals surface area contributed by atoms with Crippen LogP contribution in [0, 0.1) is 0 Å². The minimum Gasteiger partial charge on any atom is -0.493 e. The summed E-state index contributed by atoms with van der Waals surface area (Å²) >= 11 is 0. The van der Waals surface area contributed by atoms with Gasteiger partial charge in [0.25, 0.3) is 5.91 Å². The molecule has 1 amide bonds. The van der Waals surface area contributed by atoms with Gasteiger partial charge in [-0.05, 0) is 48.2 Å². The maximum absolute atomic E-state index is 12.2.